The Morgan fingerprint density at radius 1 is 1.17 bits per heavy atom. The molecule has 2 aromatic carbocycles. The van der Waals surface area contributed by atoms with Gasteiger partial charge in [-0.15, -0.1) is 0 Å². The van der Waals surface area contributed by atoms with Gasteiger partial charge in [-0.05, 0) is 43.3 Å². The number of carbonyl (C=O) groups excluding carboxylic acids is 1. The summed E-state index contributed by atoms with van der Waals surface area (Å²) in [5.74, 6) is -1.51. The second-order valence-electron chi connectivity index (χ2n) is 5.77. The first-order valence-corrected chi connectivity index (χ1v) is 11.1. The Labute approximate surface area is 185 Å². The Balaban J connectivity index is 2.13. The van der Waals surface area contributed by atoms with E-state index in [9.17, 15) is 18.0 Å². The standard InChI is InChI=1S/C19H14BrClN2O6S/c1-2-28-19(25)18-16(29-30(26,27)13-9-7-12(20)8-10-13)11-17(24)23(22-18)15-6-4-3-5-14(15)21/h3-11H,2H2,1H3. The summed E-state index contributed by atoms with van der Waals surface area (Å²) in [5, 5.41) is 4.17. The molecule has 0 spiro atoms. The van der Waals surface area contributed by atoms with Crippen molar-refractivity contribution in [2.24, 2.45) is 0 Å². The Hall–Kier alpha value is -2.69. The van der Waals surface area contributed by atoms with E-state index in [4.69, 9.17) is 20.5 Å². The summed E-state index contributed by atoms with van der Waals surface area (Å²) in [5.41, 5.74) is -1.04. The van der Waals surface area contributed by atoms with Crippen molar-refractivity contribution in [2.45, 2.75) is 11.8 Å². The largest absolute Gasteiger partial charge is 0.461 e. The molecule has 0 saturated heterocycles. The lowest BCUT2D eigenvalue weighted by molar-refractivity contribution is 0.0515. The number of nitrogens with zero attached hydrogens (tertiary/aromatic N) is 2. The van der Waals surface area contributed by atoms with Crippen molar-refractivity contribution in [3.63, 3.8) is 0 Å². The third kappa shape index (κ3) is 4.72. The topological polar surface area (TPSA) is 105 Å². The number of carbonyl (C=O) groups is 1. The number of ether oxygens (including phenoxy) is 1. The van der Waals surface area contributed by atoms with Gasteiger partial charge in [0.25, 0.3) is 5.56 Å². The number of para-hydroxylation sites is 1. The zero-order valence-electron chi connectivity index (χ0n) is 15.4. The third-order valence-electron chi connectivity index (χ3n) is 3.75. The Morgan fingerprint density at radius 2 is 1.83 bits per heavy atom. The lowest BCUT2D eigenvalue weighted by Gasteiger charge is -2.13. The summed E-state index contributed by atoms with van der Waals surface area (Å²) in [4.78, 5) is 24.8. The SMILES string of the molecule is CCOC(=O)c1nn(-c2ccccc2Cl)c(=O)cc1OS(=O)(=O)c1ccc(Br)cc1. The van der Waals surface area contributed by atoms with Gasteiger partial charge in [-0.2, -0.15) is 18.2 Å². The van der Waals surface area contributed by atoms with Gasteiger partial charge in [0.15, 0.2) is 5.75 Å². The highest BCUT2D eigenvalue weighted by Crippen LogP contribution is 2.24. The normalized spacial score (nSPS) is 11.2. The minimum atomic E-state index is -4.35. The molecule has 0 N–H and O–H groups in total. The molecule has 3 aromatic rings. The smallest absolute Gasteiger partial charge is 0.362 e. The van der Waals surface area contributed by atoms with Crippen molar-refractivity contribution in [2.75, 3.05) is 6.61 Å². The van der Waals surface area contributed by atoms with Crippen LogP contribution in [0.1, 0.15) is 17.4 Å². The van der Waals surface area contributed by atoms with E-state index in [1.165, 1.54) is 36.4 Å². The molecule has 0 saturated carbocycles. The van der Waals surface area contributed by atoms with Crippen LogP contribution in [0, 0.1) is 0 Å². The summed E-state index contributed by atoms with van der Waals surface area (Å²) in [6, 6.07) is 12.8. The van der Waals surface area contributed by atoms with Crippen LogP contribution in [0.25, 0.3) is 5.69 Å². The van der Waals surface area contributed by atoms with E-state index in [-0.39, 0.29) is 22.2 Å². The number of benzene rings is 2. The number of aromatic nitrogens is 2. The van der Waals surface area contributed by atoms with E-state index in [1.54, 1.807) is 19.1 Å². The summed E-state index contributed by atoms with van der Waals surface area (Å²) in [6.07, 6.45) is 0. The lowest BCUT2D eigenvalue weighted by atomic mass is 10.3. The summed E-state index contributed by atoms with van der Waals surface area (Å²) in [7, 11) is -4.35. The van der Waals surface area contributed by atoms with Crippen molar-refractivity contribution in [1.82, 2.24) is 9.78 Å². The number of hydrogen-bond acceptors (Lipinski definition) is 7. The van der Waals surface area contributed by atoms with E-state index in [0.717, 1.165) is 10.7 Å². The predicted octanol–water partition coefficient (Wildman–Crippen LogP) is 3.59. The van der Waals surface area contributed by atoms with Crippen molar-refractivity contribution in [1.29, 1.82) is 0 Å². The monoisotopic (exact) mass is 512 g/mol. The Bertz CT molecular complexity index is 1260. The molecule has 8 nitrogen and oxygen atoms in total. The van der Waals surface area contributed by atoms with Crippen LogP contribution < -0.4 is 9.74 Å². The Kier molecular flexibility index (Phi) is 6.59. The molecule has 0 fully saturated rings. The zero-order chi connectivity index (χ0) is 21.9. The molecule has 0 aliphatic heterocycles. The summed E-state index contributed by atoms with van der Waals surface area (Å²) >= 11 is 9.33. The molecular formula is C19H14BrClN2O6S. The van der Waals surface area contributed by atoms with E-state index in [1.807, 2.05) is 0 Å². The van der Waals surface area contributed by atoms with Crippen LogP contribution in [0.2, 0.25) is 5.02 Å². The third-order valence-corrected chi connectivity index (χ3v) is 5.84. The fourth-order valence-corrected chi connectivity index (χ4v) is 3.82. The Morgan fingerprint density at radius 3 is 2.47 bits per heavy atom. The molecule has 0 aliphatic carbocycles. The molecule has 0 radical (unpaired) electrons. The van der Waals surface area contributed by atoms with Crippen molar-refractivity contribution < 1.29 is 22.1 Å². The first-order valence-electron chi connectivity index (χ1n) is 8.49. The maximum Gasteiger partial charge on any atom is 0.362 e. The average Bonchev–Trinajstić information content (AvgIpc) is 2.69. The molecule has 156 valence electrons. The first-order chi connectivity index (χ1) is 14.2. The molecule has 0 aliphatic rings. The molecule has 1 heterocycles. The van der Waals surface area contributed by atoms with Crippen LogP contribution in [0.3, 0.4) is 0 Å². The molecule has 3 rings (SSSR count). The van der Waals surface area contributed by atoms with Crippen molar-refractivity contribution in [3.05, 3.63) is 80.1 Å². The van der Waals surface area contributed by atoms with Crippen LogP contribution in [-0.2, 0) is 14.9 Å². The van der Waals surface area contributed by atoms with Gasteiger partial charge in [0, 0.05) is 4.47 Å². The average molecular weight is 514 g/mol. The molecule has 0 amide bonds. The maximum atomic E-state index is 12.6. The minimum Gasteiger partial charge on any atom is -0.461 e. The quantitative estimate of drug-likeness (QED) is 0.366. The predicted molar refractivity (Wildman–Crippen MR) is 113 cm³/mol. The molecule has 0 atom stereocenters. The summed E-state index contributed by atoms with van der Waals surface area (Å²) in [6.45, 7) is 1.58. The molecule has 0 unspecified atom stereocenters. The molecule has 11 heteroatoms. The second kappa shape index (κ2) is 8.99. The van der Waals surface area contributed by atoms with E-state index >= 15 is 0 Å². The highest BCUT2D eigenvalue weighted by molar-refractivity contribution is 9.10. The minimum absolute atomic E-state index is 0.00460. The number of hydrogen-bond donors (Lipinski definition) is 0. The van der Waals surface area contributed by atoms with Gasteiger partial charge in [-0.3, -0.25) is 4.79 Å². The highest BCUT2D eigenvalue weighted by Gasteiger charge is 2.25. The van der Waals surface area contributed by atoms with Gasteiger partial charge < -0.3 is 8.92 Å². The molecular weight excluding hydrogens is 500 g/mol. The van der Waals surface area contributed by atoms with Crippen LogP contribution in [0.4, 0.5) is 0 Å². The fraction of sp³-hybridized carbons (Fsp3) is 0.105. The van der Waals surface area contributed by atoms with Gasteiger partial charge in [0.2, 0.25) is 5.69 Å². The highest BCUT2D eigenvalue weighted by atomic mass is 79.9. The first kappa shape index (κ1) is 22.0. The van der Waals surface area contributed by atoms with Gasteiger partial charge in [0.05, 0.1) is 23.4 Å². The fourth-order valence-electron chi connectivity index (χ4n) is 2.41. The van der Waals surface area contributed by atoms with Crippen LogP contribution in [-0.4, -0.2) is 30.8 Å². The molecule has 30 heavy (non-hydrogen) atoms. The van der Waals surface area contributed by atoms with E-state index < -0.39 is 33.1 Å². The molecule has 0 bridgehead atoms. The van der Waals surface area contributed by atoms with Gasteiger partial charge in [0.1, 0.15) is 4.90 Å². The van der Waals surface area contributed by atoms with E-state index in [2.05, 4.69) is 21.0 Å². The maximum absolute atomic E-state index is 12.6. The van der Waals surface area contributed by atoms with E-state index in [0.29, 0.717) is 4.47 Å². The van der Waals surface area contributed by atoms with Crippen molar-refractivity contribution >= 4 is 43.6 Å². The van der Waals surface area contributed by atoms with Gasteiger partial charge >= 0.3 is 16.1 Å². The number of rotatable bonds is 6. The lowest BCUT2D eigenvalue weighted by Crippen LogP contribution is -2.26. The number of halogens is 2. The van der Waals surface area contributed by atoms with Crippen LogP contribution >= 0.6 is 27.5 Å². The van der Waals surface area contributed by atoms with Crippen LogP contribution in [0.15, 0.2) is 68.8 Å². The zero-order valence-corrected chi connectivity index (χ0v) is 18.6. The van der Waals surface area contributed by atoms with Gasteiger partial charge in [-0.25, -0.2) is 4.79 Å². The second-order valence-corrected chi connectivity index (χ2v) is 8.64. The van der Waals surface area contributed by atoms with Gasteiger partial charge in [-0.1, -0.05) is 39.7 Å². The van der Waals surface area contributed by atoms with Crippen LogP contribution in [0.5, 0.6) is 5.75 Å². The van der Waals surface area contributed by atoms with Crippen molar-refractivity contribution in [3.8, 4) is 11.4 Å². The molecule has 1 aromatic heterocycles. The number of esters is 1. The summed E-state index contributed by atoms with van der Waals surface area (Å²) < 4.78 is 36.8.